The van der Waals surface area contributed by atoms with Crippen LogP contribution in [0.1, 0.15) is 47.1 Å². The highest BCUT2D eigenvalue weighted by molar-refractivity contribution is 7.86. The van der Waals surface area contributed by atoms with Crippen molar-refractivity contribution in [3.63, 3.8) is 0 Å². The number of nitrogens with two attached hydrogens (primary N) is 1. The number of carbonyl (C=O) groups is 2. The van der Waals surface area contributed by atoms with Crippen molar-refractivity contribution in [3.05, 3.63) is 71.2 Å². The highest BCUT2D eigenvalue weighted by Crippen LogP contribution is 2.26. The molecule has 3 aromatic rings. The summed E-state index contributed by atoms with van der Waals surface area (Å²) in [6, 6.07) is 9.69. The molecule has 0 aliphatic heterocycles. The van der Waals surface area contributed by atoms with Crippen LogP contribution >= 0.6 is 0 Å². The van der Waals surface area contributed by atoms with Crippen molar-refractivity contribution < 1.29 is 26.6 Å². The molecular formula is C25H29FN6O5S. The van der Waals surface area contributed by atoms with Gasteiger partial charge in [-0.15, -0.1) is 0 Å². The van der Waals surface area contributed by atoms with Gasteiger partial charge in [0.25, 0.3) is 11.8 Å². The van der Waals surface area contributed by atoms with Crippen LogP contribution in [0.15, 0.2) is 48.7 Å². The molecule has 0 radical (unpaired) electrons. The highest BCUT2D eigenvalue weighted by Gasteiger charge is 2.19. The number of benzene rings is 2. The summed E-state index contributed by atoms with van der Waals surface area (Å²) in [7, 11) is -3.93. The molecule has 0 aliphatic rings. The quantitative estimate of drug-likeness (QED) is 0.265. The number of rotatable bonds is 11. The van der Waals surface area contributed by atoms with Gasteiger partial charge < -0.3 is 25.9 Å². The predicted octanol–water partition coefficient (Wildman–Crippen LogP) is 3.18. The van der Waals surface area contributed by atoms with Crippen LogP contribution in [0.3, 0.4) is 0 Å². The van der Waals surface area contributed by atoms with Crippen molar-refractivity contribution in [1.29, 1.82) is 0 Å². The first kappa shape index (κ1) is 28.3. The van der Waals surface area contributed by atoms with E-state index in [-0.39, 0.29) is 47.1 Å². The van der Waals surface area contributed by atoms with Gasteiger partial charge in [0.05, 0.1) is 17.4 Å². The number of carbonyl (C=O) groups excluding carboxylic acids is 2. The molecule has 202 valence electrons. The number of aromatic nitrogens is 2. The number of amides is 2. The van der Waals surface area contributed by atoms with E-state index in [9.17, 15) is 22.4 Å². The number of anilines is 3. The first-order valence-electron chi connectivity index (χ1n) is 11.6. The molecule has 2 amide bonds. The van der Waals surface area contributed by atoms with Crippen LogP contribution in [-0.4, -0.2) is 42.5 Å². The maximum atomic E-state index is 13.2. The fraction of sp³-hybridized carbons (Fsp3) is 0.280. The Balaban J connectivity index is 1.90. The molecule has 1 aromatic heterocycles. The van der Waals surface area contributed by atoms with Gasteiger partial charge in [-0.2, -0.15) is 13.4 Å². The van der Waals surface area contributed by atoms with Gasteiger partial charge >= 0.3 is 10.1 Å². The van der Waals surface area contributed by atoms with E-state index in [1.165, 1.54) is 48.7 Å². The summed E-state index contributed by atoms with van der Waals surface area (Å²) in [5, 5.41) is 8.75. The van der Waals surface area contributed by atoms with E-state index in [2.05, 4.69) is 25.9 Å². The second-order valence-electron chi connectivity index (χ2n) is 8.93. The standard InChI is InChI=1S/C25H29FN6O5S/c1-14(2)15(3)30-23-20(22(27)33)13-29-25(32-23)31-18-9-10-21(37-38(4,35)36)19(11-18)24(34)28-12-16-5-7-17(26)8-6-16/h5-11,13-15H,12H2,1-4H3,(H2,27,33)(H,28,34)(H2,29,30,31,32)/t15-/m1/s1. The van der Waals surface area contributed by atoms with Crippen LogP contribution in [0.2, 0.25) is 0 Å². The Morgan fingerprint density at radius 2 is 1.76 bits per heavy atom. The zero-order valence-corrected chi connectivity index (χ0v) is 22.1. The lowest BCUT2D eigenvalue weighted by Gasteiger charge is -2.20. The van der Waals surface area contributed by atoms with Gasteiger partial charge in [0.1, 0.15) is 11.6 Å². The van der Waals surface area contributed by atoms with Crippen molar-refractivity contribution >= 4 is 39.4 Å². The van der Waals surface area contributed by atoms with Gasteiger partial charge in [-0.05, 0) is 48.7 Å². The minimum atomic E-state index is -3.93. The van der Waals surface area contributed by atoms with Gasteiger partial charge in [-0.25, -0.2) is 9.37 Å². The zero-order chi connectivity index (χ0) is 28.0. The molecule has 0 fully saturated rings. The molecule has 0 spiro atoms. The number of hydrogen-bond acceptors (Lipinski definition) is 9. The van der Waals surface area contributed by atoms with Gasteiger partial charge in [0.15, 0.2) is 5.75 Å². The van der Waals surface area contributed by atoms with Crippen LogP contribution in [0, 0.1) is 11.7 Å². The summed E-state index contributed by atoms with van der Waals surface area (Å²) in [6.07, 6.45) is 2.14. The zero-order valence-electron chi connectivity index (χ0n) is 21.3. The van der Waals surface area contributed by atoms with Crippen LogP contribution < -0.4 is 25.9 Å². The Kier molecular flexibility index (Phi) is 8.84. The topological polar surface area (TPSA) is 165 Å². The molecule has 2 aromatic carbocycles. The van der Waals surface area contributed by atoms with Crippen LogP contribution in [-0.2, 0) is 16.7 Å². The number of primary amides is 1. The predicted molar refractivity (Wildman–Crippen MR) is 141 cm³/mol. The molecule has 38 heavy (non-hydrogen) atoms. The molecule has 1 atom stereocenters. The average Bonchev–Trinajstić information content (AvgIpc) is 2.83. The number of nitrogens with one attached hydrogen (secondary N) is 3. The van der Waals surface area contributed by atoms with E-state index in [0.29, 0.717) is 11.3 Å². The maximum Gasteiger partial charge on any atom is 0.306 e. The SMILES string of the molecule is CC(C)[C@@H](C)Nc1nc(Nc2ccc(OS(C)(=O)=O)c(C(=O)NCc3ccc(F)cc3)c2)ncc1C(N)=O. The van der Waals surface area contributed by atoms with E-state index in [4.69, 9.17) is 9.92 Å². The van der Waals surface area contributed by atoms with Crippen molar-refractivity contribution in [3.8, 4) is 5.75 Å². The largest absolute Gasteiger partial charge is 0.382 e. The second-order valence-corrected chi connectivity index (χ2v) is 10.5. The monoisotopic (exact) mass is 544 g/mol. The Bertz CT molecular complexity index is 1430. The lowest BCUT2D eigenvalue weighted by atomic mass is 10.1. The lowest BCUT2D eigenvalue weighted by Crippen LogP contribution is -2.25. The van der Waals surface area contributed by atoms with Gasteiger partial charge in [-0.3, -0.25) is 9.59 Å². The van der Waals surface area contributed by atoms with Crippen LogP contribution in [0.4, 0.5) is 21.8 Å². The lowest BCUT2D eigenvalue weighted by molar-refractivity contribution is 0.0948. The van der Waals surface area contributed by atoms with Crippen LogP contribution in [0.5, 0.6) is 5.75 Å². The Hall–Kier alpha value is -4.26. The van der Waals surface area contributed by atoms with Gasteiger partial charge in [0, 0.05) is 24.5 Å². The molecule has 5 N–H and O–H groups in total. The van der Waals surface area contributed by atoms with Crippen LogP contribution in [0.25, 0.3) is 0 Å². The summed E-state index contributed by atoms with van der Waals surface area (Å²) in [5.41, 5.74) is 6.47. The van der Waals surface area contributed by atoms with Gasteiger partial charge in [-0.1, -0.05) is 26.0 Å². The molecule has 13 heteroatoms. The van der Waals surface area contributed by atoms with E-state index in [1.807, 2.05) is 20.8 Å². The minimum Gasteiger partial charge on any atom is -0.382 e. The fourth-order valence-electron chi connectivity index (χ4n) is 3.14. The van der Waals surface area contributed by atoms with Crippen molar-refractivity contribution in [2.24, 2.45) is 11.7 Å². The number of halogens is 1. The van der Waals surface area contributed by atoms with E-state index in [1.54, 1.807) is 0 Å². The molecule has 0 saturated carbocycles. The van der Waals surface area contributed by atoms with E-state index < -0.39 is 27.7 Å². The van der Waals surface area contributed by atoms with E-state index in [0.717, 1.165) is 6.26 Å². The van der Waals surface area contributed by atoms with E-state index >= 15 is 0 Å². The number of hydrogen-bond donors (Lipinski definition) is 4. The van der Waals surface area contributed by atoms with Crippen molar-refractivity contribution in [2.45, 2.75) is 33.4 Å². The maximum absolute atomic E-state index is 13.2. The molecule has 3 rings (SSSR count). The molecule has 0 bridgehead atoms. The van der Waals surface area contributed by atoms with Gasteiger partial charge in [0.2, 0.25) is 5.95 Å². The summed E-state index contributed by atoms with van der Waals surface area (Å²) in [6.45, 7) is 6.01. The first-order chi connectivity index (χ1) is 17.8. The summed E-state index contributed by atoms with van der Waals surface area (Å²) in [4.78, 5) is 33.3. The minimum absolute atomic E-state index is 0.0281. The summed E-state index contributed by atoms with van der Waals surface area (Å²) < 4.78 is 41.7. The van der Waals surface area contributed by atoms with Crippen molar-refractivity contribution in [1.82, 2.24) is 15.3 Å². The Morgan fingerprint density at radius 1 is 1.08 bits per heavy atom. The number of nitrogens with zero attached hydrogens (tertiary/aromatic N) is 2. The Morgan fingerprint density at radius 3 is 2.37 bits per heavy atom. The Labute approximate surface area is 220 Å². The average molecular weight is 545 g/mol. The molecule has 0 aliphatic carbocycles. The fourth-order valence-corrected chi connectivity index (χ4v) is 3.62. The molecule has 11 nitrogen and oxygen atoms in total. The molecule has 0 unspecified atom stereocenters. The first-order valence-corrected chi connectivity index (χ1v) is 13.4. The normalized spacial score (nSPS) is 12.1. The molecule has 0 saturated heterocycles. The third kappa shape index (κ3) is 7.87. The third-order valence-electron chi connectivity index (χ3n) is 5.51. The summed E-state index contributed by atoms with van der Waals surface area (Å²) in [5.74, 6) is -1.35. The van der Waals surface area contributed by atoms with Crippen molar-refractivity contribution in [2.75, 3.05) is 16.9 Å². The second kappa shape index (κ2) is 11.9. The molecular weight excluding hydrogens is 515 g/mol. The smallest absolute Gasteiger partial charge is 0.306 e. The molecule has 1 heterocycles. The highest BCUT2D eigenvalue weighted by atomic mass is 32.2. The summed E-state index contributed by atoms with van der Waals surface area (Å²) >= 11 is 0. The third-order valence-corrected chi connectivity index (χ3v) is 5.99.